The molecule has 0 aliphatic heterocycles. The van der Waals surface area contributed by atoms with Crippen LogP contribution in [0.5, 0.6) is 0 Å². The highest BCUT2D eigenvalue weighted by atomic mass is 14.8. The zero-order valence-electron chi connectivity index (χ0n) is 8.59. The van der Waals surface area contributed by atoms with Crippen molar-refractivity contribution in [2.45, 2.75) is 19.3 Å². The van der Waals surface area contributed by atoms with Crippen LogP contribution in [0.15, 0.2) is 24.3 Å². The number of anilines is 1. The molecule has 0 aromatic heterocycles. The van der Waals surface area contributed by atoms with E-state index in [0.29, 0.717) is 6.54 Å². The van der Waals surface area contributed by atoms with E-state index < -0.39 is 0 Å². The molecule has 0 saturated carbocycles. The molecule has 0 heterocycles. The van der Waals surface area contributed by atoms with E-state index in [-0.39, 0.29) is 5.41 Å². The minimum atomic E-state index is 0.0757. The Balaban J connectivity index is 2.92. The largest absolute Gasteiger partial charge is 0.388 e. The molecule has 2 heteroatoms. The van der Waals surface area contributed by atoms with Crippen molar-refractivity contribution >= 4 is 5.69 Å². The van der Waals surface area contributed by atoms with Crippen molar-refractivity contribution in [1.29, 1.82) is 0 Å². The maximum atomic E-state index is 5.69. The minimum absolute atomic E-state index is 0.0757. The second-order valence-corrected chi connectivity index (χ2v) is 3.92. The summed E-state index contributed by atoms with van der Waals surface area (Å²) < 4.78 is 0. The van der Waals surface area contributed by atoms with Crippen LogP contribution in [-0.4, -0.2) is 13.6 Å². The molecule has 0 bridgehead atoms. The predicted octanol–water partition coefficient (Wildman–Crippen LogP) is 1.96. The van der Waals surface area contributed by atoms with Gasteiger partial charge in [-0.2, -0.15) is 0 Å². The third-order valence-electron chi connectivity index (χ3n) is 2.47. The van der Waals surface area contributed by atoms with Gasteiger partial charge in [0, 0.05) is 24.7 Å². The molecule has 0 aliphatic rings. The van der Waals surface area contributed by atoms with Crippen molar-refractivity contribution in [1.82, 2.24) is 0 Å². The average Bonchev–Trinajstić information content (AvgIpc) is 2.18. The summed E-state index contributed by atoms with van der Waals surface area (Å²) in [6, 6.07) is 8.40. The quantitative estimate of drug-likeness (QED) is 0.742. The van der Waals surface area contributed by atoms with Crippen LogP contribution in [0.4, 0.5) is 5.69 Å². The molecule has 0 unspecified atom stereocenters. The lowest BCUT2D eigenvalue weighted by molar-refractivity contribution is 0.539. The fourth-order valence-electron chi connectivity index (χ4n) is 1.21. The molecule has 0 spiro atoms. The number of nitrogens with two attached hydrogens (primary N) is 1. The molecule has 1 aromatic carbocycles. The van der Waals surface area contributed by atoms with E-state index in [1.165, 1.54) is 5.56 Å². The van der Waals surface area contributed by atoms with E-state index in [1.807, 2.05) is 7.05 Å². The number of nitrogens with one attached hydrogen (secondary N) is 1. The van der Waals surface area contributed by atoms with Crippen LogP contribution in [0.25, 0.3) is 0 Å². The predicted molar refractivity (Wildman–Crippen MR) is 58.1 cm³/mol. The van der Waals surface area contributed by atoms with Crippen LogP contribution in [0.1, 0.15) is 19.4 Å². The number of rotatable bonds is 3. The lowest BCUT2D eigenvalue weighted by Gasteiger charge is -2.23. The molecule has 0 amide bonds. The zero-order chi connectivity index (χ0) is 9.90. The lowest BCUT2D eigenvalue weighted by atomic mass is 9.85. The Labute approximate surface area is 80.1 Å². The Kier molecular flexibility index (Phi) is 2.94. The first-order chi connectivity index (χ1) is 6.10. The fraction of sp³-hybridized carbons (Fsp3) is 0.455. The first-order valence-electron chi connectivity index (χ1n) is 4.58. The number of benzene rings is 1. The smallest absolute Gasteiger partial charge is 0.0337 e. The van der Waals surface area contributed by atoms with Gasteiger partial charge >= 0.3 is 0 Å². The van der Waals surface area contributed by atoms with Crippen LogP contribution in [-0.2, 0) is 5.41 Å². The van der Waals surface area contributed by atoms with Crippen molar-refractivity contribution < 1.29 is 0 Å². The molecule has 0 fully saturated rings. The topological polar surface area (TPSA) is 38.0 Å². The second kappa shape index (κ2) is 3.79. The van der Waals surface area contributed by atoms with Gasteiger partial charge in [-0.15, -0.1) is 0 Å². The Hall–Kier alpha value is -1.02. The Morgan fingerprint density at radius 1 is 1.23 bits per heavy atom. The van der Waals surface area contributed by atoms with Crippen LogP contribution < -0.4 is 11.1 Å². The summed E-state index contributed by atoms with van der Waals surface area (Å²) in [6.07, 6.45) is 0. The van der Waals surface area contributed by atoms with Gasteiger partial charge in [0.05, 0.1) is 0 Å². The van der Waals surface area contributed by atoms with E-state index in [4.69, 9.17) is 5.73 Å². The second-order valence-electron chi connectivity index (χ2n) is 3.92. The molecule has 1 aromatic rings. The first kappa shape index (κ1) is 10.1. The normalized spacial score (nSPS) is 11.4. The maximum Gasteiger partial charge on any atom is 0.0337 e. The molecule has 0 atom stereocenters. The van der Waals surface area contributed by atoms with Crippen LogP contribution >= 0.6 is 0 Å². The molecule has 13 heavy (non-hydrogen) atoms. The van der Waals surface area contributed by atoms with Gasteiger partial charge in [-0.1, -0.05) is 26.0 Å². The van der Waals surface area contributed by atoms with Gasteiger partial charge in [0.15, 0.2) is 0 Å². The van der Waals surface area contributed by atoms with E-state index in [9.17, 15) is 0 Å². The van der Waals surface area contributed by atoms with Crippen molar-refractivity contribution in [2.75, 3.05) is 18.9 Å². The highest BCUT2D eigenvalue weighted by Gasteiger charge is 2.17. The third-order valence-corrected chi connectivity index (χ3v) is 2.47. The molecule has 3 N–H and O–H groups in total. The van der Waals surface area contributed by atoms with Gasteiger partial charge in [-0.3, -0.25) is 0 Å². The molecule has 1 rings (SSSR count). The van der Waals surface area contributed by atoms with E-state index in [0.717, 1.165) is 5.69 Å². The fourth-order valence-corrected chi connectivity index (χ4v) is 1.21. The van der Waals surface area contributed by atoms with E-state index in [2.05, 4.69) is 43.4 Å². The SMILES string of the molecule is CNc1ccc(C(C)(C)CN)cc1. The lowest BCUT2D eigenvalue weighted by Crippen LogP contribution is -2.27. The van der Waals surface area contributed by atoms with Gasteiger partial charge in [-0.05, 0) is 17.7 Å². The van der Waals surface area contributed by atoms with E-state index in [1.54, 1.807) is 0 Å². The molecule has 72 valence electrons. The monoisotopic (exact) mass is 178 g/mol. The summed E-state index contributed by atoms with van der Waals surface area (Å²) in [5.41, 5.74) is 8.19. The summed E-state index contributed by atoms with van der Waals surface area (Å²) in [5, 5.41) is 3.09. The summed E-state index contributed by atoms with van der Waals surface area (Å²) in [5.74, 6) is 0. The summed E-state index contributed by atoms with van der Waals surface area (Å²) in [7, 11) is 1.92. The highest BCUT2D eigenvalue weighted by molar-refractivity contribution is 5.45. The zero-order valence-corrected chi connectivity index (χ0v) is 8.59. The van der Waals surface area contributed by atoms with Gasteiger partial charge < -0.3 is 11.1 Å². The molecule has 2 nitrogen and oxygen atoms in total. The van der Waals surface area contributed by atoms with Gasteiger partial charge in [0.25, 0.3) is 0 Å². The van der Waals surface area contributed by atoms with E-state index >= 15 is 0 Å². The average molecular weight is 178 g/mol. The van der Waals surface area contributed by atoms with Gasteiger partial charge in [0.1, 0.15) is 0 Å². The van der Waals surface area contributed by atoms with Gasteiger partial charge in [-0.25, -0.2) is 0 Å². The van der Waals surface area contributed by atoms with Crippen molar-refractivity contribution in [3.8, 4) is 0 Å². The van der Waals surface area contributed by atoms with Gasteiger partial charge in [0.2, 0.25) is 0 Å². The summed E-state index contributed by atoms with van der Waals surface area (Å²) >= 11 is 0. The van der Waals surface area contributed by atoms with Crippen molar-refractivity contribution in [3.05, 3.63) is 29.8 Å². The molecule has 0 aliphatic carbocycles. The Morgan fingerprint density at radius 3 is 2.15 bits per heavy atom. The molecular formula is C11H18N2. The molecule has 0 saturated heterocycles. The third kappa shape index (κ3) is 2.22. The summed E-state index contributed by atoms with van der Waals surface area (Å²) in [4.78, 5) is 0. The maximum absolute atomic E-state index is 5.69. The van der Waals surface area contributed by atoms with Crippen LogP contribution in [0.2, 0.25) is 0 Å². The molecule has 0 radical (unpaired) electrons. The van der Waals surface area contributed by atoms with Crippen LogP contribution in [0, 0.1) is 0 Å². The minimum Gasteiger partial charge on any atom is -0.388 e. The number of hydrogen-bond donors (Lipinski definition) is 2. The molecular weight excluding hydrogens is 160 g/mol. The Morgan fingerprint density at radius 2 is 1.77 bits per heavy atom. The first-order valence-corrected chi connectivity index (χ1v) is 4.58. The highest BCUT2D eigenvalue weighted by Crippen LogP contribution is 2.22. The van der Waals surface area contributed by atoms with Crippen molar-refractivity contribution in [2.24, 2.45) is 5.73 Å². The van der Waals surface area contributed by atoms with Crippen molar-refractivity contribution in [3.63, 3.8) is 0 Å². The standard InChI is InChI=1S/C11H18N2/c1-11(2,8-12)9-4-6-10(13-3)7-5-9/h4-7,13H,8,12H2,1-3H3. The number of hydrogen-bond acceptors (Lipinski definition) is 2. The summed E-state index contributed by atoms with van der Waals surface area (Å²) in [6.45, 7) is 4.98. The van der Waals surface area contributed by atoms with Crippen LogP contribution in [0.3, 0.4) is 0 Å². The Bertz CT molecular complexity index is 262.